The fourth-order valence-corrected chi connectivity index (χ4v) is 2.53. The number of rotatable bonds is 6. The van der Waals surface area contributed by atoms with Crippen molar-refractivity contribution in [1.29, 1.82) is 0 Å². The molecule has 5 heteroatoms. The largest absolute Gasteiger partial charge is 0.494 e. The summed E-state index contributed by atoms with van der Waals surface area (Å²) < 4.78 is 18.8. The summed E-state index contributed by atoms with van der Waals surface area (Å²) in [6.07, 6.45) is 0.116. The molecule has 0 bridgehead atoms. The van der Waals surface area contributed by atoms with Crippen molar-refractivity contribution in [3.63, 3.8) is 0 Å². The van der Waals surface area contributed by atoms with Gasteiger partial charge in [0.2, 0.25) is 5.91 Å². The van der Waals surface area contributed by atoms with E-state index in [1.807, 2.05) is 31.2 Å². The fraction of sp³-hybridized carbons (Fsp3) is 0.562. The normalized spacial score (nSPS) is 21.6. The molecule has 1 amide bonds. The van der Waals surface area contributed by atoms with Gasteiger partial charge in [-0.1, -0.05) is 17.7 Å². The zero-order valence-corrected chi connectivity index (χ0v) is 12.3. The highest BCUT2D eigenvalue weighted by molar-refractivity contribution is 5.77. The summed E-state index contributed by atoms with van der Waals surface area (Å²) >= 11 is 0. The van der Waals surface area contributed by atoms with E-state index >= 15 is 0 Å². The second kappa shape index (κ2) is 7.41. The van der Waals surface area contributed by atoms with Crippen molar-refractivity contribution < 1.29 is 19.0 Å². The van der Waals surface area contributed by atoms with E-state index in [2.05, 4.69) is 0 Å². The first-order valence-electron chi connectivity index (χ1n) is 7.34. The second-order valence-electron chi connectivity index (χ2n) is 5.48. The molecular formula is C16H22FNO3. The van der Waals surface area contributed by atoms with Crippen LogP contribution >= 0.6 is 0 Å². The second-order valence-corrected chi connectivity index (χ2v) is 5.48. The summed E-state index contributed by atoms with van der Waals surface area (Å²) in [5.41, 5.74) is 1.17. The van der Waals surface area contributed by atoms with Crippen LogP contribution in [0.1, 0.15) is 24.8 Å². The van der Waals surface area contributed by atoms with Gasteiger partial charge < -0.3 is 14.7 Å². The van der Waals surface area contributed by atoms with E-state index in [0.29, 0.717) is 19.4 Å². The number of aliphatic hydroxyl groups is 1. The Hall–Kier alpha value is -1.62. The molecule has 1 fully saturated rings. The lowest BCUT2D eigenvalue weighted by atomic mass is 10.2. The first-order chi connectivity index (χ1) is 10.1. The van der Waals surface area contributed by atoms with E-state index in [4.69, 9.17) is 9.84 Å². The van der Waals surface area contributed by atoms with Gasteiger partial charge in [0.25, 0.3) is 0 Å². The summed E-state index contributed by atoms with van der Waals surface area (Å²) in [6, 6.07) is 7.36. The molecule has 2 rings (SSSR count). The summed E-state index contributed by atoms with van der Waals surface area (Å²) in [4.78, 5) is 13.5. The number of amides is 1. The number of aliphatic hydroxyl groups excluding tert-OH is 1. The van der Waals surface area contributed by atoms with Crippen molar-refractivity contribution in [2.45, 2.75) is 38.4 Å². The molecule has 1 N–H and O–H groups in total. The smallest absolute Gasteiger partial charge is 0.223 e. The van der Waals surface area contributed by atoms with E-state index in [9.17, 15) is 9.18 Å². The molecule has 2 unspecified atom stereocenters. The lowest BCUT2D eigenvalue weighted by Gasteiger charge is -2.22. The molecule has 4 nitrogen and oxygen atoms in total. The number of alkyl halides is 1. The molecule has 1 aromatic carbocycles. The quantitative estimate of drug-likeness (QED) is 0.818. The van der Waals surface area contributed by atoms with Crippen molar-refractivity contribution in [2.75, 3.05) is 19.8 Å². The van der Waals surface area contributed by atoms with Crippen LogP contribution in [-0.4, -0.2) is 47.9 Å². The summed E-state index contributed by atoms with van der Waals surface area (Å²) in [5, 5.41) is 9.16. The number of benzene rings is 1. The Kier molecular flexibility index (Phi) is 5.56. The summed E-state index contributed by atoms with van der Waals surface area (Å²) in [7, 11) is 0. The highest BCUT2D eigenvalue weighted by Crippen LogP contribution is 2.21. The van der Waals surface area contributed by atoms with Gasteiger partial charge in [0.15, 0.2) is 0 Å². The predicted molar refractivity (Wildman–Crippen MR) is 78.0 cm³/mol. The van der Waals surface area contributed by atoms with E-state index in [0.717, 1.165) is 5.75 Å². The number of ether oxygens (including phenoxy) is 1. The average molecular weight is 295 g/mol. The number of aryl methyl sites for hydroxylation is 1. The summed E-state index contributed by atoms with van der Waals surface area (Å²) in [6.45, 7) is 2.38. The minimum atomic E-state index is -1.02. The van der Waals surface area contributed by atoms with Crippen LogP contribution in [0.3, 0.4) is 0 Å². The van der Waals surface area contributed by atoms with Crippen molar-refractivity contribution in [3.05, 3.63) is 29.8 Å². The molecule has 0 aromatic heterocycles. The average Bonchev–Trinajstić information content (AvgIpc) is 2.86. The molecule has 2 atom stereocenters. The molecule has 1 heterocycles. The Morgan fingerprint density at radius 2 is 2.14 bits per heavy atom. The standard InChI is InChI=1S/C16H22FNO3/c1-12-4-6-15(7-5-12)21-8-2-3-16(20)18-10-13(17)9-14(18)11-19/h4-7,13-14,19H,2-3,8-11H2,1H3. The number of carbonyl (C=O) groups excluding carboxylic acids is 1. The third-order valence-electron chi connectivity index (χ3n) is 3.72. The molecule has 1 aromatic rings. The van der Waals surface area contributed by atoms with Crippen LogP contribution in [0.15, 0.2) is 24.3 Å². The van der Waals surface area contributed by atoms with Crippen molar-refractivity contribution in [1.82, 2.24) is 4.90 Å². The number of hydrogen-bond acceptors (Lipinski definition) is 3. The molecule has 0 aliphatic carbocycles. The zero-order valence-electron chi connectivity index (χ0n) is 12.3. The lowest BCUT2D eigenvalue weighted by molar-refractivity contribution is -0.133. The minimum Gasteiger partial charge on any atom is -0.494 e. The Morgan fingerprint density at radius 3 is 2.81 bits per heavy atom. The molecule has 1 aliphatic rings. The maximum atomic E-state index is 13.3. The van der Waals surface area contributed by atoms with E-state index in [-0.39, 0.29) is 31.5 Å². The molecule has 1 saturated heterocycles. The molecule has 21 heavy (non-hydrogen) atoms. The van der Waals surface area contributed by atoms with E-state index in [1.54, 1.807) is 0 Å². The molecule has 116 valence electrons. The topological polar surface area (TPSA) is 49.8 Å². The highest BCUT2D eigenvalue weighted by Gasteiger charge is 2.34. The van der Waals surface area contributed by atoms with Crippen LogP contribution in [0.25, 0.3) is 0 Å². The van der Waals surface area contributed by atoms with Gasteiger partial charge in [-0.2, -0.15) is 0 Å². The first kappa shape index (κ1) is 15.8. The lowest BCUT2D eigenvalue weighted by Crippen LogP contribution is -2.37. The number of nitrogens with zero attached hydrogens (tertiary/aromatic N) is 1. The predicted octanol–water partition coefficient (Wildman–Crippen LogP) is 2.09. The Labute approximate surface area is 124 Å². The van der Waals surface area contributed by atoms with Gasteiger partial charge in [-0.3, -0.25) is 4.79 Å². The minimum absolute atomic E-state index is 0.100. The van der Waals surface area contributed by atoms with Crippen LogP contribution in [-0.2, 0) is 4.79 Å². The summed E-state index contributed by atoms with van der Waals surface area (Å²) in [5.74, 6) is 0.674. The number of likely N-dealkylation sites (tertiary alicyclic amines) is 1. The third-order valence-corrected chi connectivity index (χ3v) is 3.72. The van der Waals surface area contributed by atoms with Crippen LogP contribution in [0.5, 0.6) is 5.75 Å². The zero-order chi connectivity index (χ0) is 15.2. The Bertz CT molecular complexity index is 463. The fourth-order valence-electron chi connectivity index (χ4n) is 2.53. The van der Waals surface area contributed by atoms with Crippen LogP contribution in [0.4, 0.5) is 4.39 Å². The molecule has 0 radical (unpaired) electrons. The van der Waals surface area contributed by atoms with Gasteiger partial charge in [-0.05, 0) is 25.5 Å². The highest BCUT2D eigenvalue weighted by atomic mass is 19.1. The van der Waals surface area contributed by atoms with E-state index < -0.39 is 6.17 Å². The SMILES string of the molecule is Cc1ccc(OCCCC(=O)N2CC(F)CC2CO)cc1. The Morgan fingerprint density at radius 1 is 1.43 bits per heavy atom. The number of halogens is 1. The van der Waals surface area contributed by atoms with Crippen molar-refractivity contribution in [3.8, 4) is 5.75 Å². The first-order valence-corrected chi connectivity index (χ1v) is 7.34. The van der Waals surface area contributed by atoms with Gasteiger partial charge in [0, 0.05) is 12.8 Å². The molecule has 0 spiro atoms. The van der Waals surface area contributed by atoms with Crippen molar-refractivity contribution in [2.24, 2.45) is 0 Å². The maximum Gasteiger partial charge on any atom is 0.223 e. The van der Waals surface area contributed by atoms with Crippen molar-refractivity contribution >= 4 is 5.91 Å². The maximum absolute atomic E-state index is 13.3. The third kappa shape index (κ3) is 4.43. The molecular weight excluding hydrogens is 273 g/mol. The van der Waals surface area contributed by atoms with Crippen LogP contribution in [0.2, 0.25) is 0 Å². The monoisotopic (exact) mass is 295 g/mol. The van der Waals surface area contributed by atoms with Gasteiger partial charge >= 0.3 is 0 Å². The van der Waals surface area contributed by atoms with Gasteiger partial charge in [-0.25, -0.2) is 4.39 Å². The Balaban J connectivity index is 1.70. The van der Waals surface area contributed by atoms with Crippen LogP contribution < -0.4 is 4.74 Å². The van der Waals surface area contributed by atoms with Gasteiger partial charge in [-0.15, -0.1) is 0 Å². The van der Waals surface area contributed by atoms with E-state index in [1.165, 1.54) is 10.5 Å². The van der Waals surface area contributed by atoms with Crippen LogP contribution in [0, 0.1) is 6.92 Å². The van der Waals surface area contributed by atoms with Gasteiger partial charge in [0.1, 0.15) is 11.9 Å². The number of hydrogen-bond donors (Lipinski definition) is 1. The number of carbonyl (C=O) groups is 1. The molecule has 1 aliphatic heterocycles. The van der Waals surface area contributed by atoms with Gasteiger partial charge in [0.05, 0.1) is 25.8 Å². The molecule has 0 saturated carbocycles.